The third-order valence-electron chi connectivity index (χ3n) is 5.96. The van der Waals surface area contributed by atoms with E-state index in [1.807, 2.05) is 54.6 Å². The van der Waals surface area contributed by atoms with Gasteiger partial charge >= 0.3 is 0 Å². The molecule has 36 heavy (non-hydrogen) atoms. The predicted molar refractivity (Wildman–Crippen MR) is 151 cm³/mol. The van der Waals surface area contributed by atoms with Crippen molar-refractivity contribution in [2.75, 3.05) is 12.3 Å². The van der Waals surface area contributed by atoms with Crippen molar-refractivity contribution in [3.8, 4) is 0 Å². The molecule has 3 aromatic rings. The van der Waals surface area contributed by atoms with Crippen LogP contribution in [0.2, 0.25) is 5.02 Å². The number of aryl methyl sites for hydroxylation is 1. The molecule has 0 aliphatic rings. The number of nitrogens with zero attached hydrogens (tertiary/aromatic N) is 1. The molecule has 0 aliphatic carbocycles. The first-order valence-corrected chi connectivity index (χ1v) is 14.0. The Morgan fingerprint density at radius 1 is 0.944 bits per heavy atom. The fraction of sp³-hybridized carbons (Fsp3) is 0.333. The van der Waals surface area contributed by atoms with Crippen LogP contribution in [0.15, 0.2) is 78.9 Å². The fourth-order valence-electron chi connectivity index (χ4n) is 3.92. The van der Waals surface area contributed by atoms with Crippen molar-refractivity contribution in [3.63, 3.8) is 0 Å². The Bertz CT molecular complexity index is 1110. The number of hydrogen-bond acceptors (Lipinski definition) is 3. The number of thioether (sulfide) groups is 1. The van der Waals surface area contributed by atoms with E-state index in [0.717, 1.165) is 29.7 Å². The van der Waals surface area contributed by atoms with E-state index in [1.165, 1.54) is 11.1 Å². The molecule has 0 fully saturated rings. The van der Waals surface area contributed by atoms with Crippen molar-refractivity contribution in [1.82, 2.24) is 10.2 Å². The molecule has 4 nitrogen and oxygen atoms in total. The maximum absolute atomic E-state index is 13.6. The molecular formula is C30H35ClN2O2S. The molecule has 3 rings (SSSR count). The third-order valence-corrected chi connectivity index (χ3v) is 7.18. The molecule has 6 heteroatoms. The zero-order chi connectivity index (χ0) is 25.8. The van der Waals surface area contributed by atoms with Gasteiger partial charge < -0.3 is 10.2 Å². The van der Waals surface area contributed by atoms with Crippen LogP contribution in [0.4, 0.5) is 0 Å². The highest BCUT2D eigenvalue weighted by molar-refractivity contribution is 7.99. The second-order valence-electron chi connectivity index (χ2n) is 8.98. The van der Waals surface area contributed by atoms with Crippen LogP contribution in [0.3, 0.4) is 0 Å². The summed E-state index contributed by atoms with van der Waals surface area (Å²) in [4.78, 5) is 28.8. The number of carbonyl (C=O) groups excluding carboxylic acids is 2. The van der Waals surface area contributed by atoms with Gasteiger partial charge in [0.15, 0.2) is 0 Å². The molecule has 1 atom stereocenters. The molecule has 0 spiro atoms. The first-order chi connectivity index (χ1) is 17.5. The maximum atomic E-state index is 13.6. The average molecular weight is 523 g/mol. The number of carbonyl (C=O) groups is 2. The number of halogens is 1. The second-order valence-corrected chi connectivity index (χ2v) is 10.4. The van der Waals surface area contributed by atoms with Crippen molar-refractivity contribution in [3.05, 3.63) is 106 Å². The van der Waals surface area contributed by atoms with E-state index >= 15 is 0 Å². The van der Waals surface area contributed by atoms with Crippen molar-refractivity contribution < 1.29 is 9.59 Å². The summed E-state index contributed by atoms with van der Waals surface area (Å²) in [5, 5.41) is 3.67. The Hall–Kier alpha value is -2.76. The molecule has 1 unspecified atom stereocenters. The Morgan fingerprint density at radius 2 is 1.67 bits per heavy atom. The topological polar surface area (TPSA) is 49.4 Å². The van der Waals surface area contributed by atoms with Crippen LogP contribution in [0.1, 0.15) is 42.0 Å². The lowest BCUT2D eigenvalue weighted by atomic mass is 10.0. The summed E-state index contributed by atoms with van der Waals surface area (Å²) in [5.41, 5.74) is 4.31. The Labute approximate surface area is 224 Å². The summed E-state index contributed by atoms with van der Waals surface area (Å²) < 4.78 is 0. The van der Waals surface area contributed by atoms with E-state index in [9.17, 15) is 9.59 Å². The van der Waals surface area contributed by atoms with Crippen LogP contribution in [0.5, 0.6) is 0 Å². The average Bonchev–Trinajstić information content (AvgIpc) is 2.88. The molecule has 0 heterocycles. The van der Waals surface area contributed by atoms with E-state index in [4.69, 9.17) is 11.6 Å². The van der Waals surface area contributed by atoms with Gasteiger partial charge in [-0.1, -0.05) is 97.2 Å². The van der Waals surface area contributed by atoms with E-state index < -0.39 is 6.04 Å². The monoisotopic (exact) mass is 522 g/mol. The zero-order valence-corrected chi connectivity index (χ0v) is 22.7. The van der Waals surface area contributed by atoms with Gasteiger partial charge in [-0.05, 0) is 42.2 Å². The smallest absolute Gasteiger partial charge is 0.243 e. The van der Waals surface area contributed by atoms with Crippen molar-refractivity contribution in [1.29, 1.82) is 0 Å². The van der Waals surface area contributed by atoms with Crippen molar-refractivity contribution >= 4 is 35.2 Å². The van der Waals surface area contributed by atoms with E-state index in [2.05, 4.69) is 43.4 Å². The molecule has 0 bridgehead atoms. The summed E-state index contributed by atoms with van der Waals surface area (Å²) >= 11 is 7.81. The number of hydrogen-bond donors (Lipinski definition) is 1. The minimum atomic E-state index is -0.615. The summed E-state index contributed by atoms with van der Waals surface area (Å²) in [6.45, 7) is 5.08. The van der Waals surface area contributed by atoms with Crippen LogP contribution in [-0.2, 0) is 28.3 Å². The molecular weight excluding hydrogens is 488 g/mol. The van der Waals surface area contributed by atoms with Gasteiger partial charge in [-0.3, -0.25) is 9.59 Å². The number of unbranched alkanes of at least 4 members (excludes halogenated alkanes) is 1. The molecule has 2 amide bonds. The van der Waals surface area contributed by atoms with Crippen molar-refractivity contribution in [2.24, 2.45) is 0 Å². The molecule has 190 valence electrons. The van der Waals surface area contributed by atoms with Gasteiger partial charge in [0, 0.05) is 30.3 Å². The first-order valence-electron chi connectivity index (χ1n) is 12.4. The standard InChI is InChI=1S/C30H35ClN2O2S/c1-3-4-17-32-30(35)28(19-24-9-6-5-7-10-24)33(20-26-11-8-12-27(31)18-26)29(34)22-36-21-25-15-13-23(2)14-16-25/h5-16,18,28H,3-4,17,19-22H2,1-2H3,(H,32,35). The number of benzene rings is 3. The van der Waals surface area contributed by atoms with Crippen molar-refractivity contribution in [2.45, 2.75) is 51.4 Å². The summed E-state index contributed by atoms with van der Waals surface area (Å²) in [7, 11) is 0. The number of rotatable bonds is 13. The molecule has 0 aliphatic heterocycles. The maximum Gasteiger partial charge on any atom is 0.243 e. The SMILES string of the molecule is CCCCNC(=O)C(Cc1ccccc1)N(Cc1cccc(Cl)c1)C(=O)CSCc1ccc(C)cc1. The van der Waals surface area contributed by atoms with E-state index in [1.54, 1.807) is 16.7 Å². The van der Waals surface area contributed by atoms with Gasteiger partial charge in [0.25, 0.3) is 0 Å². The molecule has 3 aromatic carbocycles. The Kier molecular flexibility index (Phi) is 11.4. The van der Waals surface area contributed by atoms with Gasteiger partial charge in [-0.15, -0.1) is 11.8 Å². The van der Waals surface area contributed by atoms with Crippen LogP contribution in [0.25, 0.3) is 0 Å². The lowest BCUT2D eigenvalue weighted by Gasteiger charge is -2.31. The highest BCUT2D eigenvalue weighted by Crippen LogP contribution is 2.20. The van der Waals surface area contributed by atoms with Gasteiger partial charge in [-0.25, -0.2) is 0 Å². The highest BCUT2D eigenvalue weighted by Gasteiger charge is 2.30. The fourth-order valence-corrected chi connectivity index (χ4v) is 5.00. The third kappa shape index (κ3) is 9.03. The highest BCUT2D eigenvalue weighted by atomic mass is 35.5. The van der Waals surface area contributed by atoms with E-state index in [0.29, 0.717) is 30.3 Å². The molecule has 0 saturated carbocycles. The molecule has 0 aromatic heterocycles. The molecule has 1 N–H and O–H groups in total. The Balaban J connectivity index is 1.82. The quantitative estimate of drug-likeness (QED) is 0.263. The van der Waals surface area contributed by atoms with Crippen LogP contribution < -0.4 is 5.32 Å². The predicted octanol–water partition coefficient (Wildman–Crippen LogP) is 6.44. The van der Waals surface area contributed by atoms with Gasteiger partial charge in [-0.2, -0.15) is 0 Å². The van der Waals surface area contributed by atoms with Crippen LogP contribution in [-0.4, -0.2) is 35.1 Å². The molecule has 0 saturated heterocycles. The van der Waals surface area contributed by atoms with Crippen LogP contribution >= 0.6 is 23.4 Å². The summed E-state index contributed by atoms with van der Waals surface area (Å²) in [6.07, 6.45) is 2.34. The van der Waals surface area contributed by atoms with Gasteiger partial charge in [0.2, 0.25) is 11.8 Å². The first kappa shape index (κ1) is 27.8. The van der Waals surface area contributed by atoms with E-state index in [-0.39, 0.29) is 11.8 Å². The lowest BCUT2D eigenvalue weighted by Crippen LogP contribution is -2.51. The largest absolute Gasteiger partial charge is 0.354 e. The van der Waals surface area contributed by atoms with Gasteiger partial charge in [0.1, 0.15) is 6.04 Å². The summed E-state index contributed by atoms with van der Waals surface area (Å²) in [5.74, 6) is 0.857. The number of amides is 2. The van der Waals surface area contributed by atoms with Crippen LogP contribution in [0, 0.1) is 6.92 Å². The Morgan fingerprint density at radius 3 is 2.36 bits per heavy atom. The minimum Gasteiger partial charge on any atom is -0.354 e. The molecule has 0 radical (unpaired) electrons. The lowest BCUT2D eigenvalue weighted by molar-refractivity contribution is -0.139. The van der Waals surface area contributed by atoms with Gasteiger partial charge in [0.05, 0.1) is 5.75 Å². The normalized spacial score (nSPS) is 11.6. The number of nitrogens with one attached hydrogen (secondary N) is 1. The summed E-state index contributed by atoms with van der Waals surface area (Å²) in [6, 6.07) is 25.1. The zero-order valence-electron chi connectivity index (χ0n) is 21.1. The minimum absolute atomic E-state index is 0.0568. The second kappa shape index (κ2) is 14.7.